The summed E-state index contributed by atoms with van der Waals surface area (Å²) in [6.45, 7) is 6.51. The SMILES string of the molecule is CC(=O)OC(c1ccc(F)cc1)C1(C)CCN(C(=O)COc2ccc(Cl)cc2NC(N)=O)CC1.CCC1(C(=O)c2ccc(F)cc2)CCN(C(=O)COc2ccc(Cl)cc2NC(N)=O)CC1. The third-order valence-electron chi connectivity index (χ3n) is 11.8. The van der Waals surface area contributed by atoms with Crippen LogP contribution in [0.3, 0.4) is 0 Å². The number of likely N-dealkylation sites (tertiary alicyclic amines) is 2. The van der Waals surface area contributed by atoms with Crippen molar-refractivity contribution >= 4 is 70.2 Å². The molecule has 0 aromatic heterocycles. The lowest BCUT2D eigenvalue weighted by molar-refractivity contribution is -0.158. The van der Waals surface area contributed by atoms with Gasteiger partial charge in [-0.3, -0.25) is 19.2 Å². The topological polar surface area (TPSA) is 213 Å². The molecular formula is C47H52Cl2F2N6O9. The molecule has 0 radical (unpaired) electrons. The van der Waals surface area contributed by atoms with E-state index in [1.165, 1.54) is 55.5 Å². The Labute approximate surface area is 391 Å². The summed E-state index contributed by atoms with van der Waals surface area (Å²) in [6.07, 6.45) is 2.25. The lowest BCUT2D eigenvalue weighted by Gasteiger charge is -2.43. The van der Waals surface area contributed by atoms with Gasteiger partial charge in [-0.25, -0.2) is 18.4 Å². The van der Waals surface area contributed by atoms with Gasteiger partial charge in [-0.05, 0) is 110 Å². The maximum atomic E-state index is 13.4. The van der Waals surface area contributed by atoms with Crippen LogP contribution in [0, 0.1) is 22.5 Å². The normalized spacial score (nSPS) is 15.5. The van der Waals surface area contributed by atoms with Gasteiger partial charge in [-0.2, -0.15) is 0 Å². The number of piperidine rings is 2. The van der Waals surface area contributed by atoms with Crippen molar-refractivity contribution in [2.24, 2.45) is 22.3 Å². The first kappa shape index (κ1) is 50.5. The summed E-state index contributed by atoms with van der Waals surface area (Å²) >= 11 is 11.9. The second-order valence-corrected chi connectivity index (χ2v) is 17.1. The number of ether oxygens (including phenoxy) is 3. The van der Waals surface area contributed by atoms with Gasteiger partial charge in [0.25, 0.3) is 11.8 Å². The number of hydrogen-bond acceptors (Lipinski definition) is 9. The average Bonchev–Trinajstić information content (AvgIpc) is 3.28. The van der Waals surface area contributed by atoms with Gasteiger partial charge in [-0.1, -0.05) is 49.2 Å². The minimum atomic E-state index is -0.780. The van der Waals surface area contributed by atoms with E-state index in [4.69, 9.17) is 48.9 Å². The smallest absolute Gasteiger partial charge is 0.316 e. The largest absolute Gasteiger partial charge is 0.482 e. The van der Waals surface area contributed by atoms with Crippen molar-refractivity contribution in [3.05, 3.63) is 118 Å². The van der Waals surface area contributed by atoms with Crippen LogP contribution in [0.15, 0.2) is 84.9 Å². The predicted octanol–water partition coefficient (Wildman–Crippen LogP) is 8.53. The van der Waals surface area contributed by atoms with Crippen LogP contribution in [0.25, 0.3) is 0 Å². The molecule has 0 saturated carbocycles. The fourth-order valence-electron chi connectivity index (χ4n) is 7.96. The molecule has 6 N–H and O–H groups in total. The molecule has 19 heteroatoms. The zero-order valence-electron chi connectivity index (χ0n) is 36.7. The van der Waals surface area contributed by atoms with Crippen LogP contribution >= 0.6 is 23.2 Å². The number of hydrogen-bond donors (Lipinski definition) is 4. The molecule has 352 valence electrons. The summed E-state index contributed by atoms with van der Waals surface area (Å²) < 4.78 is 43.4. The van der Waals surface area contributed by atoms with Crippen LogP contribution in [-0.4, -0.2) is 84.8 Å². The number of urea groups is 2. The average molecular weight is 954 g/mol. The first-order valence-electron chi connectivity index (χ1n) is 21.1. The van der Waals surface area contributed by atoms with Gasteiger partial charge < -0.3 is 46.1 Å². The molecule has 2 fully saturated rings. The predicted molar refractivity (Wildman–Crippen MR) is 244 cm³/mol. The Morgan fingerprint density at radius 2 is 1.11 bits per heavy atom. The number of carbonyl (C=O) groups excluding carboxylic acids is 6. The Morgan fingerprint density at radius 1 is 0.682 bits per heavy atom. The fraction of sp³-hybridized carbons (Fsp3) is 0.362. The number of nitrogens with zero attached hydrogens (tertiary/aromatic N) is 2. The highest BCUT2D eigenvalue weighted by atomic mass is 35.5. The van der Waals surface area contributed by atoms with Crippen LogP contribution in [0.1, 0.15) is 74.9 Å². The van der Waals surface area contributed by atoms with Crippen LogP contribution in [-0.2, 0) is 19.1 Å². The van der Waals surface area contributed by atoms with Crippen molar-refractivity contribution in [1.29, 1.82) is 0 Å². The molecule has 2 aliphatic rings. The van der Waals surface area contributed by atoms with Gasteiger partial charge in [0.15, 0.2) is 19.0 Å². The van der Waals surface area contributed by atoms with Gasteiger partial charge >= 0.3 is 18.0 Å². The molecule has 2 heterocycles. The second-order valence-electron chi connectivity index (χ2n) is 16.3. The van der Waals surface area contributed by atoms with Crippen LogP contribution in [0.2, 0.25) is 10.0 Å². The van der Waals surface area contributed by atoms with E-state index in [9.17, 15) is 37.5 Å². The quantitative estimate of drug-likeness (QED) is 0.0703. The highest BCUT2D eigenvalue weighted by Crippen LogP contribution is 2.45. The molecule has 66 heavy (non-hydrogen) atoms. The van der Waals surface area contributed by atoms with Crippen molar-refractivity contribution in [3.63, 3.8) is 0 Å². The van der Waals surface area contributed by atoms with Crippen molar-refractivity contribution in [2.75, 3.05) is 50.0 Å². The summed E-state index contributed by atoms with van der Waals surface area (Å²) in [5.41, 5.74) is 11.0. The molecule has 2 saturated heterocycles. The number of amides is 6. The van der Waals surface area contributed by atoms with Crippen LogP contribution in [0.5, 0.6) is 11.5 Å². The van der Waals surface area contributed by atoms with E-state index in [2.05, 4.69) is 10.6 Å². The number of ketones is 1. The number of Topliss-reactive ketones (excluding diaryl/α,β-unsaturated/α-hetero) is 1. The Kier molecular flexibility index (Phi) is 17.3. The second kappa shape index (κ2) is 22.6. The molecule has 1 unspecified atom stereocenters. The van der Waals surface area contributed by atoms with Gasteiger partial charge in [-0.15, -0.1) is 0 Å². The van der Waals surface area contributed by atoms with Crippen molar-refractivity contribution < 1.29 is 51.8 Å². The van der Waals surface area contributed by atoms with E-state index in [1.807, 2.05) is 13.8 Å². The number of nitrogens with two attached hydrogens (primary N) is 2. The molecule has 15 nitrogen and oxygen atoms in total. The first-order valence-corrected chi connectivity index (χ1v) is 21.8. The number of rotatable bonds is 14. The molecule has 0 spiro atoms. The Hall–Kier alpha value is -6.46. The summed E-state index contributed by atoms with van der Waals surface area (Å²) in [4.78, 5) is 76.0. The monoisotopic (exact) mass is 952 g/mol. The molecule has 1 atom stereocenters. The zero-order chi connectivity index (χ0) is 48.2. The van der Waals surface area contributed by atoms with Crippen LogP contribution in [0.4, 0.5) is 29.7 Å². The highest BCUT2D eigenvalue weighted by Gasteiger charge is 2.42. The van der Waals surface area contributed by atoms with Crippen molar-refractivity contribution in [1.82, 2.24) is 9.80 Å². The van der Waals surface area contributed by atoms with Crippen molar-refractivity contribution in [2.45, 2.75) is 59.0 Å². The minimum Gasteiger partial charge on any atom is -0.482 e. The van der Waals surface area contributed by atoms with E-state index < -0.39 is 35.0 Å². The van der Waals surface area contributed by atoms with E-state index in [0.29, 0.717) is 79.5 Å². The number of esters is 1. The van der Waals surface area contributed by atoms with E-state index in [-0.39, 0.29) is 65.3 Å². The molecule has 6 amide bonds. The van der Waals surface area contributed by atoms with Crippen LogP contribution < -0.4 is 31.6 Å². The van der Waals surface area contributed by atoms with Gasteiger partial charge in [0.2, 0.25) is 0 Å². The number of halogens is 4. The minimum absolute atomic E-state index is 0.0216. The third-order valence-corrected chi connectivity index (χ3v) is 12.3. The number of benzene rings is 4. The van der Waals surface area contributed by atoms with E-state index >= 15 is 0 Å². The lowest BCUT2D eigenvalue weighted by atomic mass is 9.71. The molecule has 6 rings (SSSR count). The summed E-state index contributed by atoms with van der Waals surface area (Å²) in [7, 11) is 0. The van der Waals surface area contributed by atoms with E-state index in [0.717, 1.165) is 0 Å². The Balaban J connectivity index is 0.000000248. The zero-order valence-corrected chi connectivity index (χ0v) is 38.2. The molecular weight excluding hydrogens is 901 g/mol. The van der Waals surface area contributed by atoms with Gasteiger partial charge in [0.1, 0.15) is 29.2 Å². The number of anilines is 2. The molecule has 0 aliphatic carbocycles. The molecule has 4 aromatic rings. The van der Waals surface area contributed by atoms with Crippen molar-refractivity contribution in [3.8, 4) is 11.5 Å². The van der Waals surface area contributed by atoms with E-state index in [1.54, 1.807) is 46.2 Å². The Morgan fingerprint density at radius 3 is 1.52 bits per heavy atom. The standard InChI is InChI=1S/C24H27ClFN3O5.C23H25ClFN3O4/c1-15(30)34-22(16-3-6-18(26)7-4-16)24(2)9-11-29(12-10-24)21(31)14-33-20-8-5-17(25)13-19(20)28-23(27)32;1-2-23(21(30)15-3-6-17(25)7-4-15)9-11-28(12-10-23)20(29)14-32-19-8-5-16(24)13-18(19)27-22(26)31/h3-8,13,22H,9-12,14H2,1-2H3,(H3,27,28,32);3-8,13H,2,9-12,14H2,1H3,(H3,26,27,31). The molecule has 4 aromatic carbocycles. The van der Waals surface area contributed by atoms with Gasteiger partial charge in [0.05, 0.1) is 11.4 Å². The molecule has 0 bridgehead atoms. The summed E-state index contributed by atoms with van der Waals surface area (Å²) in [6, 6.07) is 19.1. The Bertz CT molecular complexity index is 2390. The highest BCUT2D eigenvalue weighted by molar-refractivity contribution is 6.31. The van der Waals surface area contributed by atoms with Gasteiger partial charge in [0, 0.05) is 59.5 Å². The fourth-order valence-corrected chi connectivity index (χ4v) is 8.30. The number of nitrogens with one attached hydrogen (secondary N) is 2. The maximum Gasteiger partial charge on any atom is 0.316 e. The maximum absolute atomic E-state index is 13.4. The lowest BCUT2D eigenvalue weighted by Crippen LogP contribution is -2.47. The summed E-state index contributed by atoms with van der Waals surface area (Å²) in [5, 5.41) is 5.58. The third kappa shape index (κ3) is 13.5. The first-order chi connectivity index (χ1) is 31.3. The number of primary amides is 2. The molecule has 2 aliphatic heterocycles. The number of carbonyl (C=O) groups is 6. The summed E-state index contributed by atoms with van der Waals surface area (Å²) in [5.74, 6) is -1.13.